The number of nitrogens with one attached hydrogen (secondary N) is 1. The second kappa shape index (κ2) is 7.35. The van der Waals surface area contributed by atoms with E-state index in [0.29, 0.717) is 0 Å². The van der Waals surface area contributed by atoms with E-state index in [2.05, 4.69) is 48.2 Å². The van der Waals surface area contributed by atoms with Crippen molar-refractivity contribution in [3.05, 3.63) is 53.1 Å². The number of benzene rings is 2. The number of aromatic nitrogens is 2. The third-order valence-corrected chi connectivity index (χ3v) is 4.44. The Morgan fingerprint density at radius 1 is 1.13 bits per heavy atom. The van der Waals surface area contributed by atoms with E-state index in [4.69, 9.17) is 11.6 Å². The first-order valence-electron chi connectivity index (χ1n) is 7.51. The van der Waals surface area contributed by atoms with E-state index < -0.39 is 0 Å². The van der Waals surface area contributed by atoms with Gasteiger partial charge >= 0.3 is 0 Å². The Hall–Kier alpha value is -1.55. The predicted molar refractivity (Wildman–Crippen MR) is 101 cm³/mol. The second-order valence-electron chi connectivity index (χ2n) is 5.71. The van der Waals surface area contributed by atoms with Gasteiger partial charge < -0.3 is 4.90 Å². The molecule has 0 saturated heterocycles. The Bertz CT molecular complexity index is 782. The average Bonchev–Trinajstić information content (AvgIpc) is 2.94. The highest BCUT2D eigenvalue weighted by Crippen LogP contribution is 2.39. The minimum Gasteiger partial charge on any atom is -0.302 e. The van der Waals surface area contributed by atoms with E-state index >= 15 is 0 Å². The lowest BCUT2D eigenvalue weighted by Gasteiger charge is -2.25. The molecule has 0 aliphatic rings. The Labute approximate surface area is 148 Å². The summed E-state index contributed by atoms with van der Waals surface area (Å²) in [6, 6.07) is 14.5. The average molecular weight is 350 g/mol. The molecule has 0 radical (unpaired) electrons. The summed E-state index contributed by atoms with van der Waals surface area (Å²) in [6.07, 6.45) is 0.991. The van der Waals surface area contributed by atoms with Crippen LogP contribution in [0, 0.1) is 0 Å². The molecule has 5 heteroatoms. The lowest BCUT2D eigenvalue weighted by molar-refractivity contribution is 0.294. The Kier molecular flexibility index (Phi) is 5.69. The van der Waals surface area contributed by atoms with Gasteiger partial charge in [0, 0.05) is 22.0 Å². The van der Waals surface area contributed by atoms with Crippen LogP contribution in [-0.4, -0.2) is 29.2 Å². The summed E-state index contributed by atoms with van der Waals surface area (Å²) >= 11 is 6.57. The molecule has 3 rings (SSSR count). The first kappa shape index (κ1) is 17.8. The number of aromatic amines is 1. The quantitative estimate of drug-likeness (QED) is 0.691. The molecule has 0 aliphatic heterocycles. The largest absolute Gasteiger partial charge is 0.302 e. The van der Waals surface area contributed by atoms with Crippen LogP contribution < -0.4 is 0 Å². The van der Waals surface area contributed by atoms with Crippen molar-refractivity contribution in [2.75, 3.05) is 14.1 Å². The number of hydrogen-bond donors (Lipinski definition) is 1. The summed E-state index contributed by atoms with van der Waals surface area (Å²) in [5, 5.41) is 9.61. The van der Waals surface area contributed by atoms with Crippen molar-refractivity contribution >= 4 is 34.9 Å². The topological polar surface area (TPSA) is 31.9 Å². The van der Waals surface area contributed by atoms with E-state index in [-0.39, 0.29) is 18.4 Å². The first-order valence-corrected chi connectivity index (χ1v) is 7.89. The van der Waals surface area contributed by atoms with Crippen LogP contribution in [0.3, 0.4) is 0 Å². The van der Waals surface area contributed by atoms with Crippen molar-refractivity contribution in [2.45, 2.75) is 19.4 Å². The zero-order valence-corrected chi connectivity index (χ0v) is 15.1. The molecule has 1 heterocycles. The van der Waals surface area contributed by atoms with E-state index in [1.807, 2.05) is 30.3 Å². The van der Waals surface area contributed by atoms with Crippen molar-refractivity contribution in [1.82, 2.24) is 15.1 Å². The smallest absolute Gasteiger partial charge is 0.100 e. The molecule has 0 spiro atoms. The van der Waals surface area contributed by atoms with Crippen molar-refractivity contribution in [1.29, 1.82) is 0 Å². The third kappa shape index (κ3) is 3.23. The van der Waals surface area contributed by atoms with Crippen LogP contribution in [0.1, 0.15) is 24.9 Å². The molecule has 2 aromatic carbocycles. The number of fused-ring (bicyclic) bond motifs is 1. The molecule has 122 valence electrons. The number of nitrogens with zero attached hydrogens (tertiary/aromatic N) is 2. The van der Waals surface area contributed by atoms with Crippen LogP contribution in [0.5, 0.6) is 0 Å². The van der Waals surface area contributed by atoms with E-state index in [9.17, 15) is 0 Å². The van der Waals surface area contributed by atoms with Crippen molar-refractivity contribution in [2.24, 2.45) is 0 Å². The highest BCUT2D eigenvalue weighted by molar-refractivity contribution is 6.32. The zero-order chi connectivity index (χ0) is 15.7. The Morgan fingerprint density at radius 3 is 2.43 bits per heavy atom. The SMILES string of the molecule is CCC(c1c(Cl)ccc2[nH]nc(-c3ccccc3)c12)N(C)C.Cl. The summed E-state index contributed by atoms with van der Waals surface area (Å²) in [5.41, 5.74) is 4.25. The van der Waals surface area contributed by atoms with Crippen LogP contribution in [0.4, 0.5) is 0 Å². The van der Waals surface area contributed by atoms with E-state index in [0.717, 1.165) is 39.2 Å². The number of H-pyrrole nitrogens is 1. The zero-order valence-electron chi connectivity index (χ0n) is 13.5. The fraction of sp³-hybridized carbons (Fsp3) is 0.278. The molecule has 23 heavy (non-hydrogen) atoms. The van der Waals surface area contributed by atoms with Crippen LogP contribution in [-0.2, 0) is 0 Å². The second-order valence-corrected chi connectivity index (χ2v) is 6.12. The maximum absolute atomic E-state index is 6.57. The van der Waals surface area contributed by atoms with Gasteiger partial charge in [-0.2, -0.15) is 5.10 Å². The number of halogens is 2. The van der Waals surface area contributed by atoms with E-state index in [1.165, 1.54) is 0 Å². The molecule has 0 bridgehead atoms. The van der Waals surface area contributed by atoms with Crippen molar-refractivity contribution in [3.8, 4) is 11.3 Å². The summed E-state index contributed by atoms with van der Waals surface area (Å²) in [7, 11) is 4.18. The monoisotopic (exact) mass is 349 g/mol. The van der Waals surface area contributed by atoms with Crippen molar-refractivity contribution < 1.29 is 0 Å². The van der Waals surface area contributed by atoms with Crippen LogP contribution in [0.2, 0.25) is 5.02 Å². The first-order chi connectivity index (χ1) is 10.6. The van der Waals surface area contributed by atoms with Crippen LogP contribution >= 0.6 is 24.0 Å². The summed E-state index contributed by atoms with van der Waals surface area (Å²) in [4.78, 5) is 2.21. The van der Waals surface area contributed by atoms with Gasteiger partial charge in [-0.05, 0) is 38.2 Å². The van der Waals surface area contributed by atoms with Gasteiger partial charge in [-0.1, -0.05) is 48.9 Å². The molecular formula is C18H21Cl2N3. The minimum absolute atomic E-state index is 0. The molecule has 3 aromatic rings. The van der Waals surface area contributed by atoms with Gasteiger partial charge in [0.1, 0.15) is 5.69 Å². The number of hydrogen-bond acceptors (Lipinski definition) is 2. The maximum atomic E-state index is 6.57. The summed E-state index contributed by atoms with van der Waals surface area (Å²) in [6.45, 7) is 2.18. The van der Waals surface area contributed by atoms with Gasteiger partial charge in [-0.15, -0.1) is 12.4 Å². The van der Waals surface area contributed by atoms with Gasteiger partial charge in [0.2, 0.25) is 0 Å². The fourth-order valence-corrected chi connectivity index (χ4v) is 3.36. The third-order valence-electron chi connectivity index (χ3n) is 4.11. The minimum atomic E-state index is 0. The fourth-order valence-electron chi connectivity index (χ4n) is 3.07. The van der Waals surface area contributed by atoms with Gasteiger partial charge in [-0.25, -0.2) is 0 Å². The number of rotatable bonds is 4. The Balaban J connectivity index is 0.00000192. The van der Waals surface area contributed by atoms with Crippen molar-refractivity contribution in [3.63, 3.8) is 0 Å². The molecule has 1 N–H and O–H groups in total. The molecule has 3 nitrogen and oxygen atoms in total. The van der Waals surface area contributed by atoms with Crippen LogP contribution in [0.25, 0.3) is 22.2 Å². The predicted octanol–water partition coefficient (Wildman–Crippen LogP) is 5.32. The van der Waals surface area contributed by atoms with Crippen LogP contribution in [0.15, 0.2) is 42.5 Å². The van der Waals surface area contributed by atoms with Gasteiger partial charge in [0.05, 0.1) is 5.52 Å². The lowest BCUT2D eigenvalue weighted by Crippen LogP contribution is -2.19. The normalized spacial score (nSPS) is 12.4. The lowest BCUT2D eigenvalue weighted by atomic mass is 9.96. The standard InChI is InChI=1S/C18H20ClN3.ClH/c1-4-15(22(2)3)16-13(19)10-11-14-17(16)18(21-20-14)12-8-6-5-7-9-12;/h5-11,15H,4H2,1-3H3,(H,20,21);1H. The molecular weight excluding hydrogens is 329 g/mol. The van der Waals surface area contributed by atoms with E-state index in [1.54, 1.807) is 0 Å². The highest BCUT2D eigenvalue weighted by Gasteiger charge is 2.22. The molecule has 0 fully saturated rings. The molecule has 1 atom stereocenters. The molecule has 1 aromatic heterocycles. The molecule has 1 unspecified atom stereocenters. The molecule has 0 amide bonds. The maximum Gasteiger partial charge on any atom is 0.100 e. The van der Waals surface area contributed by atoms with Gasteiger partial charge in [-0.3, -0.25) is 5.10 Å². The summed E-state index contributed by atoms with van der Waals surface area (Å²) < 4.78 is 0. The molecule has 0 aliphatic carbocycles. The van der Waals surface area contributed by atoms with Gasteiger partial charge in [0.15, 0.2) is 0 Å². The Morgan fingerprint density at radius 2 is 1.83 bits per heavy atom. The summed E-state index contributed by atoms with van der Waals surface area (Å²) in [5.74, 6) is 0. The molecule has 0 saturated carbocycles. The highest BCUT2D eigenvalue weighted by atomic mass is 35.5. The van der Waals surface area contributed by atoms with Gasteiger partial charge in [0.25, 0.3) is 0 Å².